The highest BCUT2D eigenvalue weighted by Gasteiger charge is 2.26. The Bertz CT molecular complexity index is 206. The fourth-order valence-electron chi connectivity index (χ4n) is 1.64. The molecule has 0 aliphatic carbocycles. The summed E-state index contributed by atoms with van der Waals surface area (Å²) < 4.78 is 5.56. The molecule has 0 aromatic heterocycles. The Morgan fingerprint density at radius 1 is 1.64 bits per heavy atom. The van der Waals surface area contributed by atoms with Crippen LogP contribution in [0.1, 0.15) is 20.3 Å². The molecule has 0 aromatic rings. The molecule has 1 saturated heterocycles. The number of amides is 1. The van der Waals surface area contributed by atoms with Crippen molar-refractivity contribution in [3.8, 4) is 0 Å². The number of ether oxygens (including phenoxy) is 1. The second-order valence-electron chi connectivity index (χ2n) is 4.20. The first-order valence-corrected chi connectivity index (χ1v) is 4.89. The predicted molar refractivity (Wildman–Crippen MR) is 53.4 cm³/mol. The van der Waals surface area contributed by atoms with Crippen LogP contribution in [-0.2, 0) is 9.53 Å². The highest BCUT2D eigenvalue weighted by atomic mass is 16.5. The van der Waals surface area contributed by atoms with Crippen molar-refractivity contribution in [1.29, 1.82) is 0 Å². The van der Waals surface area contributed by atoms with Crippen molar-refractivity contribution in [2.75, 3.05) is 26.2 Å². The largest absolute Gasteiger partial charge is 0.373 e. The van der Waals surface area contributed by atoms with E-state index in [1.54, 1.807) is 0 Å². The van der Waals surface area contributed by atoms with Gasteiger partial charge in [-0.3, -0.25) is 15.1 Å². The van der Waals surface area contributed by atoms with Crippen LogP contribution in [0.25, 0.3) is 0 Å². The van der Waals surface area contributed by atoms with Gasteiger partial charge in [-0.1, -0.05) is 0 Å². The number of nitrogens with two attached hydrogens (primary N) is 1. The maximum Gasteiger partial charge on any atom is 0.235 e. The smallest absolute Gasteiger partial charge is 0.235 e. The number of hydrogen-bond donors (Lipinski definition) is 2. The zero-order valence-corrected chi connectivity index (χ0v) is 8.88. The first kappa shape index (κ1) is 11.4. The monoisotopic (exact) mass is 201 g/mol. The molecular weight excluding hydrogens is 182 g/mol. The van der Waals surface area contributed by atoms with E-state index in [-0.39, 0.29) is 11.5 Å². The fraction of sp³-hybridized carbons (Fsp3) is 0.889. The van der Waals surface area contributed by atoms with Crippen LogP contribution < -0.4 is 11.3 Å². The normalized spacial score (nSPS) is 21.9. The maximum atomic E-state index is 10.9. The number of carbonyl (C=O) groups is 1. The molecule has 0 bridgehead atoms. The van der Waals surface area contributed by atoms with Crippen LogP contribution >= 0.6 is 0 Å². The summed E-state index contributed by atoms with van der Waals surface area (Å²) in [7, 11) is 0. The highest BCUT2D eigenvalue weighted by molar-refractivity contribution is 5.75. The van der Waals surface area contributed by atoms with E-state index in [4.69, 9.17) is 10.6 Å². The Hall–Kier alpha value is -0.650. The van der Waals surface area contributed by atoms with E-state index >= 15 is 0 Å². The zero-order valence-electron chi connectivity index (χ0n) is 8.88. The van der Waals surface area contributed by atoms with Crippen molar-refractivity contribution in [2.24, 2.45) is 5.84 Å². The molecule has 1 aliphatic rings. The molecule has 5 nitrogen and oxygen atoms in total. The van der Waals surface area contributed by atoms with Gasteiger partial charge in [-0.2, -0.15) is 0 Å². The minimum atomic E-state index is -0.116. The van der Waals surface area contributed by atoms with Crippen molar-refractivity contribution >= 4 is 5.91 Å². The third-order valence-electron chi connectivity index (χ3n) is 2.32. The summed E-state index contributed by atoms with van der Waals surface area (Å²) >= 11 is 0. The molecule has 0 saturated carbocycles. The highest BCUT2D eigenvalue weighted by Crippen LogP contribution is 2.16. The van der Waals surface area contributed by atoms with Crippen molar-refractivity contribution in [2.45, 2.75) is 25.9 Å². The van der Waals surface area contributed by atoms with E-state index in [0.29, 0.717) is 6.42 Å². The van der Waals surface area contributed by atoms with Gasteiger partial charge in [0, 0.05) is 26.1 Å². The van der Waals surface area contributed by atoms with E-state index in [1.165, 1.54) is 0 Å². The van der Waals surface area contributed by atoms with Gasteiger partial charge in [-0.15, -0.1) is 0 Å². The lowest BCUT2D eigenvalue weighted by Gasteiger charge is -2.38. The number of rotatable bonds is 3. The van der Waals surface area contributed by atoms with Crippen LogP contribution in [0.3, 0.4) is 0 Å². The van der Waals surface area contributed by atoms with Crippen LogP contribution in [0, 0.1) is 0 Å². The number of carbonyl (C=O) groups excluding carboxylic acids is 1. The molecule has 3 N–H and O–H groups in total. The van der Waals surface area contributed by atoms with Gasteiger partial charge >= 0.3 is 0 Å². The first-order valence-electron chi connectivity index (χ1n) is 4.89. The number of nitrogens with one attached hydrogen (secondary N) is 1. The molecule has 82 valence electrons. The SMILES string of the molecule is CC1(C)CN(CCC(=O)NN)CCO1. The standard InChI is InChI=1S/C9H19N3O2/c1-9(2)7-12(5-6-14-9)4-3-8(13)11-10/h3-7,10H2,1-2H3,(H,11,13). The summed E-state index contributed by atoms with van der Waals surface area (Å²) in [6.07, 6.45) is 0.451. The van der Waals surface area contributed by atoms with Gasteiger partial charge in [0.2, 0.25) is 5.91 Å². The van der Waals surface area contributed by atoms with Crippen LogP contribution in [-0.4, -0.2) is 42.6 Å². The van der Waals surface area contributed by atoms with E-state index in [0.717, 1.165) is 26.2 Å². The molecule has 14 heavy (non-hydrogen) atoms. The number of nitrogens with zero attached hydrogens (tertiary/aromatic N) is 1. The Morgan fingerprint density at radius 3 is 2.93 bits per heavy atom. The Balaban J connectivity index is 2.28. The van der Waals surface area contributed by atoms with Gasteiger partial charge in [-0.05, 0) is 13.8 Å². The lowest BCUT2D eigenvalue weighted by Crippen LogP contribution is -2.49. The third kappa shape index (κ3) is 3.61. The molecule has 1 fully saturated rings. The minimum absolute atomic E-state index is 0.0998. The van der Waals surface area contributed by atoms with Crippen molar-refractivity contribution in [3.05, 3.63) is 0 Å². The molecule has 0 spiro atoms. The summed E-state index contributed by atoms with van der Waals surface area (Å²) in [4.78, 5) is 13.1. The second-order valence-corrected chi connectivity index (χ2v) is 4.20. The summed E-state index contributed by atoms with van der Waals surface area (Å²) in [5.74, 6) is 4.88. The van der Waals surface area contributed by atoms with Crippen LogP contribution in [0.5, 0.6) is 0 Å². The van der Waals surface area contributed by atoms with E-state index in [2.05, 4.69) is 24.2 Å². The van der Waals surface area contributed by atoms with Crippen molar-refractivity contribution in [1.82, 2.24) is 10.3 Å². The van der Waals surface area contributed by atoms with Crippen molar-refractivity contribution in [3.63, 3.8) is 0 Å². The number of morpholine rings is 1. The van der Waals surface area contributed by atoms with E-state index in [1.807, 2.05) is 0 Å². The van der Waals surface area contributed by atoms with Gasteiger partial charge in [0.25, 0.3) is 0 Å². The van der Waals surface area contributed by atoms with E-state index < -0.39 is 0 Å². The maximum absolute atomic E-state index is 10.9. The van der Waals surface area contributed by atoms with Gasteiger partial charge in [0.05, 0.1) is 12.2 Å². The lowest BCUT2D eigenvalue weighted by molar-refractivity contribution is -0.123. The van der Waals surface area contributed by atoms with E-state index in [9.17, 15) is 4.79 Å². The molecule has 0 radical (unpaired) electrons. The summed E-state index contributed by atoms with van der Waals surface area (Å²) in [5, 5.41) is 0. The molecule has 1 heterocycles. The number of hydrogen-bond acceptors (Lipinski definition) is 4. The molecule has 1 rings (SSSR count). The Kier molecular flexibility index (Phi) is 3.86. The van der Waals surface area contributed by atoms with Crippen LogP contribution in [0.15, 0.2) is 0 Å². The van der Waals surface area contributed by atoms with Gasteiger partial charge in [-0.25, -0.2) is 5.84 Å². The average molecular weight is 201 g/mol. The molecule has 0 aromatic carbocycles. The molecular formula is C9H19N3O2. The molecule has 1 aliphatic heterocycles. The van der Waals surface area contributed by atoms with Crippen molar-refractivity contribution < 1.29 is 9.53 Å². The number of hydrazine groups is 1. The molecule has 0 atom stereocenters. The predicted octanol–water partition coefficient (Wildman–Crippen LogP) is -0.523. The van der Waals surface area contributed by atoms with Gasteiger partial charge < -0.3 is 4.74 Å². The lowest BCUT2D eigenvalue weighted by atomic mass is 10.1. The average Bonchev–Trinajstić information content (AvgIpc) is 2.12. The quantitative estimate of drug-likeness (QED) is 0.366. The van der Waals surface area contributed by atoms with Crippen LogP contribution in [0.4, 0.5) is 0 Å². The molecule has 1 amide bonds. The van der Waals surface area contributed by atoms with Gasteiger partial charge in [0.1, 0.15) is 0 Å². The van der Waals surface area contributed by atoms with Crippen LogP contribution in [0.2, 0.25) is 0 Å². The fourth-order valence-corrected chi connectivity index (χ4v) is 1.64. The summed E-state index contributed by atoms with van der Waals surface area (Å²) in [6, 6.07) is 0. The topological polar surface area (TPSA) is 67.6 Å². The molecule has 5 heteroatoms. The summed E-state index contributed by atoms with van der Waals surface area (Å²) in [5.41, 5.74) is 2.03. The second kappa shape index (κ2) is 4.72. The Labute approximate surface area is 84.5 Å². The minimum Gasteiger partial charge on any atom is -0.373 e. The zero-order chi connectivity index (χ0) is 10.6. The third-order valence-corrected chi connectivity index (χ3v) is 2.32. The van der Waals surface area contributed by atoms with Gasteiger partial charge in [0.15, 0.2) is 0 Å². The summed E-state index contributed by atoms with van der Waals surface area (Å²) in [6.45, 7) is 7.35. The molecule has 0 unspecified atom stereocenters. The first-order chi connectivity index (χ1) is 6.53. The Morgan fingerprint density at radius 2 is 2.36 bits per heavy atom.